The van der Waals surface area contributed by atoms with Gasteiger partial charge < -0.3 is 14.2 Å². The summed E-state index contributed by atoms with van der Waals surface area (Å²) in [7, 11) is 0. The Morgan fingerprint density at radius 3 is 2.70 bits per heavy atom. The van der Waals surface area contributed by atoms with Gasteiger partial charge in [-0.25, -0.2) is 4.98 Å². The maximum atomic E-state index is 10.2. The van der Waals surface area contributed by atoms with E-state index in [1.807, 2.05) is 72.2 Å². The summed E-state index contributed by atoms with van der Waals surface area (Å²) in [6.45, 7) is 2.38. The highest BCUT2D eigenvalue weighted by Crippen LogP contribution is 2.29. The highest BCUT2D eigenvalue weighted by molar-refractivity contribution is 5.86. The lowest BCUT2D eigenvalue weighted by molar-refractivity contribution is 0.318. The molecule has 5 nitrogen and oxygen atoms in total. The van der Waals surface area contributed by atoms with Crippen molar-refractivity contribution >= 4 is 17.5 Å². The molecule has 0 amide bonds. The lowest BCUT2D eigenvalue weighted by Gasteiger charge is -2.07. The molecule has 0 aliphatic rings. The molecule has 2 aromatic heterocycles. The molecule has 27 heavy (non-hydrogen) atoms. The van der Waals surface area contributed by atoms with Crippen LogP contribution in [-0.4, -0.2) is 27.3 Å². The van der Waals surface area contributed by atoms with Gasteiger partial charge in [-0.3, -0.25) is 4.99 Å². The van der Waals surface area contributed by atoms with Crippen molar-refractivity contribution in [3.63, 3.8) is 0 Å². The zero-order chi connectivity index (χ0) is 18.6. The summed E-state index contributed by atoms with van der Waals surface area (Å²) < 4.78 is 7.39. The predicted octanol–water partition coefficient (Wildman–Crippen LogP) is 4.86. The number of aromatic hydroxyl groups is 1. The standard InChI is InChI=1S/C22H19N3O2/c1-2-27-20-7-5-6-17(22(20)26)14-23-18-11-9-16(10-12-18)19-15-25-13-4-3-8-21(25)24-19/h3-15,26H,2H2,1H3. The van der Waals surface area contributed by atoms with Gasteiger partial charge in [0.05, 0.1) is 18.0 Å². The van der Waals surface area contributed by atoms with Gasteiger partial charge in [0.15, 0.2) is 11.5 Å². The Bertz CT molecular complexity index is 1070. The minimum Gasteiger partial charge on any atom is -0.504 e. The average molecular weight is 357 g/mol. The van der Waals surface area contributed by atoms with E-state index >= 15 is 0 Å². The molecule has 0 radical (unpaired) electrons. The van der Waals surface area contributed by atoms with Crippen LogP contribution in [0, 0.1) is 0 Å². The molecule has 4 rings (SSSR count). The fourth-order valence-corrected chi connectivity index (χ4v) is 2.85. The lowest BCUT2D eigenvalue weighted by Crippen LogP contribution is -1.93. The maximum absolute atomic E-state index is 10.2. The molecule has 4 aromatic rings. The van der Waals surface area contributed by atoms with Crippen LogP contribution in [-0.2, 0) is 0 Å². The van der Waals surface area contributed by atoms with Crippen molar-refractivity contribution in [1.29, 1.82) is 0 Å². The third-order valence-electron chi connectivity index (χ3n) is 4.21. The van der Waals surface area contributed by atoms with Gasteiger partial charge in [-0.05, 0) is 43.3 Å². The number of aliphatic imine (C=N–C) groups is 1. The molecule has 0 saturated heterocycles. The number of phenolic OH excluding ortho intramolecular Hbond substituents is 1. The molecule has 5 heteroatoms. The van der Waals surface area contributed by atoms with Crippen LogP contribution in [0.3, 0.4) is 0 Å². The smallest absolute Gasteiger partial charge is 0.166 e. The van der Waals surface area contributed by atoms with E-state index in [0.29, 0.717) is 17.9 Å². The first-order valence-corrected chi connectivity index (χ1v) is 8.77. The summed E-state index contributed by atoms with van der Waals surface area (Å²) in [5.41, 5.74) is 4.27. The van der Waals surface area contributed by atoms with Gasteiger partial charge >= 0.3 is 0 Å². The lowest BCUT2D eigenvalue weighted by atomic mass is 10.1. The first kappa shape index (κ1) is 16.8. The summed E-state index contributed by atoms with van der Waals surface area (Å²) in [6, 6.07) is 19.1. The van der Waals surface area contributed by atoms with Gasteiger partial charge in [-0.1, -0.05) is 24.3 Å². The second-order valence-electron chi connectivity index (χ2n) is 6.02. The number of aromatic nitrogens is 2. The number of hydrogen-bond acceptors (Lipinski definition) is 4. The summed E-state index contributed by atoms with van der Waals surface area (Å²) >= 11 is 0. The Kier molecular flexibility index (Phi) is 4.58. The molecule has 2 aromatic carbocycles. The normalized spacial score (nSPS) is 11.3. The third kappa shape index (κ3) is 3.53. The third-order valence-corrected chi connectivity index (χ3v) is 4.21. The number of fused-ring (bicyclic) bond motifs is 1. The second-order valence-corrected chi connectivity index (χ2v) is 6.02. The molecule has 1 N–H and O–H groups in total. The van der Waals surface area contributed by atoms with Crippen molar-refractivity contribution < 1.29 is 9.84 Å². The topological polar surface area (TPSA) is 59.1 Å². The zero-order valence-electron chi connectivity index (χ0n) is 14.9. The van der Waals surface area contributed by atoms with E-state index < -0.39 is 0 Å². The quantitative estimate of drug-likeness (QED) is 0.519. The minimum atomic E-state index is 0.101. The summed E-state index contributed by atoms with van der Waals surface area (Å²) in [4.78, 5) is 9.07. The van der Waals surface area contributed by atoms with E-state index in [-0.39, 0.29) is 5.75 Å². The number of nitrogens with zero attached hydrogens (tertiary/aromatic N) is 3. The number of hydrogen-bond donors (Lipinski definition) is 1. The van der Waals surface area contributed by atoms with E-state index in [1.54, 1.807) is 18.3 Å². The molecular formula is C22H19N3O2. The Hall–Kier alpha value is -3.60. The monoisotopic (exact) mass is 357 g/mol. The van der Waals surface area contributed by atoms with Crippen molar-refractivity contribution in [3.05, 3.63) is 78.6 Å². The number of benzene rings is 2. The highest BCUT2D eigenvalue weighted by atomic mass is 16.5. The first-order chi connectivity index (χ1) is 13.2. The first-order valence-electron chi connectivity index (χ1n) is 8.77. The number of imidazole rings is 1. The van der Waals surface area contributed by atoms with Gasteiger partial charge in [0.25, 0.3) is 0 Å². The van der Waals surface area contributed by atoms with Crippen LogP contribution in [0.2, 0.25) is 0 Å². The SMILES string of the molecule is CCOc1cccc(C=Nc2ccc(-c3cn4ccccc4n3)cc2)c1O. The van der Waals surface area contributed by atoms with Gasteiger partial charge in [-0.2, -0.15) is 0 Å². The number of rotatable bonds is 5. The van der Waals surface area contributed by atoms with Crippen LogP contribution in [0.15, 0.2) is 78.0 Å². The van der Waals surface area contributed by atoms with Crippen LogP contribution in [0.1, 0.15) is 12.5 Å². The highest BCUT2D eigenvalue weighted by Gasteiger charge is 2.06. The number of phenols is 1. The van der Waals surface area contributed by atoms with Crippen LogP contribution in [0.25, 0.3) is 16.9 Å². The van der Waals surface area contributed by atoms with E-state index in [9.17, 15) is 5.11 Å². The van der Waals surface area contributed by atoms with E-state index in [4.69, 9.17) is 4.74 Å². The number of ether oxygens (including phenoxy) is 1. The van der Waals surface area contributed by atoms with Crippen molar-refractivity contribution in [2.45, 2.75) is 6.92 Å². The number of para-hydroxylation sites is 1. The molecule has 0 atom stereocenters. The largest absolute Gasteiger partial charge is 0.504 e. The predicted molar refractivity (Wildman–Crippen MR) is 107 cm³/mol. The van der Waals surface area contributed by atoms with E-state index in [2.05, 4.69) is 9.98 Å². The zero-order valence-corrected chi connectivity index (χ0v) is 14.9. The Morgan fingerprint density at radius 2 is 1.93 bits per heavy atom. The maximum Gasteiger partial charge on any atom is 0.166 e. The van der Waals surface area contributed by atoms with Crippen LogP contribution in [0.5, 0.6) is 11.5 Å². The van der Waals surface area contributed by atoms with Gasteiger partial charge in [0.2, 0.25) is 0 Å². The van der Waals surface area contributed by atoms with Crippen LogP contribution >= 0.6 is 0 Å². The van der Waals surface area contributed by atoms with Crippen LogP contribution < -0.4 is 4.74 Å². The summed E-state index contributed by atoms with van der Waals surface area (Å²) in [5.74, 6) is 0.563. The minimum absolute atomic E-state index is 0.101. The van der Waals surface area contributed by atoms with Crippen molar-refractivity contribution in [3.8, 4) is 22.8 Å². The van der Waals surface area contributed by atoms with E-state index in [1.165, 1.54) is 0 Å². The molecule has 0 aliphatic carbocycles. The molecule has 0 aliphatic heterocycles. The number of pyridine rings is 1. The molecule has 0 fully saturated rings. The summed E-state index contributed by atoms with van der Waals surface area (Å²) in [6.07, 6.45) is 5.62. The molecule has 134 valence electrons. The molecular weight excluding hydrogens is 338 g/mol. The van der Waals surface area contributed by atoms with Gasteiger partial charge in [-0.15, -0.1) is 0 Å². The van der Waals surface area contributed by atoms with Crippen LogP contribution in [0.4, 0.5) is 5.69 Å². The fraction of sp³-hybridized carbons (Fsp3) is 0.0909. The fourth-order valence-electron chi connectivity index (χ4n) is 2.85. The second kappa shape index (κ2) is 7.33. The van der Waals surface area contributed by atoms with Crippen molar-refractivity contribution in [2.24, 2.45) is 4.99 Å². The molecule has 0 saturated carbocycles. The Balaban J connectivity index is 1.56. The van der Waals surface area contributed by atoms with Gasteiger partial charge in [0, 0.05) is 29.7 Å². The molecule has 0 bridgehead atoms. The molecule has 2 heterocycles. The van der Waals surface area contributed by atoms with E-state index in [0.717, 1.165) is 22.6 Å². The average Bonchev–Trinajstić information content (AvgIpc) is 3.13. The van der Waals surface area contributed by atoms with Crippen molar-refractivity contribution in [1.82, 2.24) is 9.38 Å². The Morgan fingerprint density at radius 1 is 1.07 bits per heavy atom. The molecule has 0 unspecified atom stereocenters. The van der Waals surface area contributed by atoms with Crippen molar-refractivity contribution in [2.75, 3.05) is 6.61 Å². The Labute approximate surface area is 157 Å². The summed E-state index contributed by atoms with van der Waals surface area (Å²) in [5, 5.41) is 10.2. The molecule has 0 spiro atoms. The van der Waals surface area contributed by atoms with Gasteiger partial charge in [0.1, 0.15) is 5.65 Å².